The van der Waals surface area contributed by atoms with Gasteiger partial charge < -0.3 is 9.80 Å². The van der Waals surface area contributed by atoms with Crippen molar-refractivity contribution in [3.63, 3.8) is 0 Å². The molecule has 4 nitrogen and oxygen atoms in total. The molecule has 2 aliphatic carbocycles. The van der Waals surface area contributed by atoms with Crippen molar-refractivity contribution in [3.05, 3.63) is 65.0 Å². The Morgan fingerprint density at radius 3 is 2.58 bits per heavy atom. The predicted octanol–water partition coefficient (Wildman–Crippen LogP) is 5.81. The van der Waals surface area contributed by atoms with Crippen molar-refractivity contribution in [2.45, 2.75) is 76.0 Å². The number of halogens is 3. The summed E-state index contributed by atoms with van der Waals surface area (Å²) in [6, 6.07) is 12.4. The number of carbonyl (C=O) groups excluding carboxylic acids is 1. The van der Waals surface area contributed by atoms with Crippen molar-refractivity contribution in [1.82, 2.24) is 14.8 Å². The van der Waals surface area contributed by atoms with Crippen molar-refractivity contribution in [1.29, 1.82) is 0 Å². The number of benzene rings is 1. The first-order valence-electron chi connectivity index (χ1n) is 13.5. The number of carbonyl (C=O) groups is 1. The smallest absolute Gasteiger partial charge is 0.337 e. The molecular formula is C29H34F3N3O. The largest absolute Gasteiger partial charge is 0.417 e. The molecule has 1 saturated heterocycles. The first-order chi connectivity index (χ1) is 17.3. The highest BCUT2D eigenvalue weighted by atomic mass is 19.4. The third-order valence-corrected chi connectivity index (χ3v) is 9.51. The summed E-state index contributed by atoms with van der Waals surface area (Å²) in [6.07, 6.45) is 4.39. The van der Waals surface area contributed by atoms with Crippen LogP contribution in [0.2, 0.25) is 0 Å². The molecule has 192 valence electrons. The highest BCUT2D eigenvalue weighted by Crippen LogP contribution is 2.57. The van der Waals surface area contributed by atoms with Gasteiger partial charge in [0.25, 0.3) is 0 Å². The van der Waals surface area contributed by atoms with E-state index in [1.165, 1.54) is 11.6 Å². The van der Waals surface area contributed by atoms with E-state index in [0.29, 0.717) is 42.1 Å². The third-order valence-electron chi connectivity index (χ3n) is 9.51. The minimum Gasteiger partial charge on any atom is -0.337 e. The molecule has 1 aromatic heterocycles. The van der Waals surface area contributed by atoms with E-state index in [4.69, 9.17) is 0 Å². The van der Waals surface area contributed by atoms with E-state index in [1.807, 2.05) is 4.90 Å². The lowest BCUT2D eigenvalue weighted by Gasteiger charge is -2.39. The Morgan fingerprint density at radius 2 is 1.83 bits per heavy atom. The molecule has 36 heavy (non-hydrogen) atoms. The number of rotatable bonds is 3. The van der Waals surface area contributed by atoms with Gasteiger partial charge in [0.1, 0.15) is 0 Å². The summed E-state index contributed by atoms with van der Waals surface area (Å²) < 4.78 is 39.7. The number of piperidine rings is 1. The molecule has 3 unspecified atom stereocenters. The van der Waals surface area contributed by atoms with Gasteiger partial charge in [-0.25, -0.2) is 0 Å². The molecule has 3 heterocycles. The monoisotopic (exact) mass is 497 g/mol. The zero-order valence-corrected chi connectivity index (χ0v) is 20.6. The summed E-state index contributed by atoms with van der Waals surface area (Å²) in [5.74, 6) is 1.18. The highest BCUT2D eigenvalue weighted by Gasteiger charge is 2.57. The fourth-order valence-electron chi connectivity index (χ4n) is 7.63. The second kappa shape index (κ2) is 9.16. The molecule has 1 amide bonds. The topological polar surface area (TPSA) is 36.4 Å². The first-order valence-corrected chi connectivity index (χ1v) is 13.5. The number of hydrogen-bond donors (Lipinski definition) is 0. The van der Waals surface area contributed by atoms with Crippen molar-refractivity contribution in [3.8, 4) is 0 Å². The molecule has 2 saturated carbocycles. The lowest BCUT2D eigenvalue weighted by atomic mass is 9.78. The van der Waals surface area contributed by atoms with Crippen LogP contribution < -0.4 is 0 Å². The van der Waals surface area contributed by atoms with Crippen LogP contribution in [-0.4, -0.2) is 46.4 Å². The Kier molecular flexibility index (Phi) is 6.09. The molecule has 2 aromatic rings. The number of pyridine rings is 1. The number of fused-ring (bicyclic) bond motifs is 2. The van der Waals surface area contributed by atoms with Crippen LogP contribution in [-0.2, 0) is 23.9 Å². The molecule has 0 N–H and O–H groups in total. The maximum Gasteiger partial charge on any atom is 0.417 e. The molecule has 2 aliphatic heterocycles. The maximum absolute atomic E-state index is 14.0. The molecule has 0 spiro atoms. The van der Waals surface area contributed by atoms with Gasteiger partial charge in [-0.3, -0.25) is 9.78 Å². The van der Waals surface area contributed by atoms with Crippen LogP contribution in [0.5, 0.6) is 0 Å². The van der Waals surface area contributed by atoms with E-state index in [9.17, 15) is 18.0 Å². The van der Waals surface area contributed by atoms with Crippen molar-refractivity contribution in [2.24, 2.45) is 11.3 Å². The molecule has 0 radical (unpaired) electrons. The average molecular weight is 498 g/mol. The van der Waals surface area contributed by atoms with Crippen LogP contribution in [0.3, 0.4) is 0 Å². The Morgan fingerprint density at radius 1 is 1.06 bits per heavy atom. The normalized spacial score (nSPS) is 29.2. The van der Waals surface area contributed by atoms with Gasteiger partial charge in [0.05, 0.1) is 11.0 Å². The number of aromatic nitrogens is 1. The summed E-state index contributed by atoms with van der Waals surface area (Å²) in [6.45, 7) is 2.94. The van der Waals surface area contributed by atoms with E-state index < -0.39 is 11.7 Å². The lowest BCUT2D eigenvalue weighted by molar-refractivity contribution is -0.144. The minimum atomic E-state index is -4.42. The van der Waals surface area contributed by atoms with Gasteiger partial charge in [0.15, 0.2) is 0 Å². The number of nitrogens with zero attached hydrogens (tertiary/aromatic N) is 3. The first kappa shape index (κ1) is 24.0. The quantitative estimate of drug-likeness (QED) is 0.537. The van der Waals surface area contributed by atoms with Crippen molar-refractivity contribution in [2.75, 3.05) is 19.6 Å². The minimum absolute atomic E-state index is 0.176. The van der Waals surface area contributed by atoms with Gasteiger partial charge in [0.2, 0.25) is 5.91 Å². The molecule has 1 aromatic carbocycles. The van der Waals surface area contributed by atoms with Crippen molar-refractivity contribution < 1.29 is 18.0 Å². The average Bonchev–Trinajstić information content (AvgIpc) is 3.46. The van der Waals surface area contributed by atoms with Crippen LogP contribution in [0, 0.1) is 11.3 Å². The second-order valence-electron chi connectivity index (χ2n) is 11.4. The van der Waals surface area contributed by atoms with Gasteiger partial charge in [-0.15, -0.1) is 0 Å². The standard InChI is InChI=1S/C29H34F3N3O/c30-29(31,32)24-15-22-19-35(14-10-26(22)33-18-24)27(36)28-11-4-7-23(28)16-25(17-28)34-12-8-21(9-13-34)20-5-2-1-3-6-20/h1-3,5-6,15,18,21,23,25H,4,7-14,16-17,19H2. The zero-order chi connectivity index (χ0) is 24.9. The predicted molar refractivity (Wildman–Crippen MR) is 131 cm³/mol. The Labute approximate surface area is 210 Å². The fourth-order valence-corrected chi connectivity index (χ4v) is 7.63. The summed E-state index contributed by atoms with van der Waals surface area (Å²) in [5.41, 5.74) is 1.60. The van der Waals surface area contributed by atoms with E-state index in [1.54, 1.807) is 0 Å². The molecular weight excluding hydrogens is 463 g/mol. The summed E-state index contributed by atoms with van der Waals surface area (Å²) in [5, 5.41) is 0. The van der Waals surface area contributed by atoms with Crippen LogP contribution in [0.25, 0.3) is 0 Å². The van der Waals surface area contributed by atoms with Crippen molar-refractivity contribution >= 4 is 5.91 Å². The molecule has 3 atom stereocenters. The number of amides is 1. The highest BCUT2D eigenvalue weighted by molar-refractivity contribution is 5.84. The van der Waals surface area contributed by atoms with Gasteiger partial charge in [-0.2, -0.15) is 13.2 Å². The molecule has 3 fully saturated rings. The van der Waals surface area contributed by atoms with Crippen LogP contribution in [0.4, 0.5) is 13.2 Å². The number of hydrogen-bond acceptors (Lipinski definition) is 3. The van der Waals surface area contributed by atoms with Crippen LogP contribution in [0.1, 0.15) is 73.2 Å². The van der Waals surface area contributed by atoms with Crippen LogP contribution in [0.15, 0.2) is 42.6 Å². The summed E-state index contributed by atoms with van der Waals surface area (Å²) >= 11 is 0. The SMILES string of the molecule is O=C(N1CCc2ncc(C(F)(F)F)cc2C1)C12CCCC1CC(N1CCC(c3ccccc3)CC1)C2. The Bertz CT molecular complexity index is 1110. The fraction of sp³-hybridized carbons (Fsp3) is 0.586. The van der Waals surface area contributed by atoms with Gasteiger partial charge >= 0.3 is 6.18 Å². The maximum atomic E-state index is 14.0. The third kappa shape index (κ3) is 4.23. The van der Waals surface area contributed by atoms with E-state index >= 15 is 0 Å². The van der Waals surface area contributed by atoms with E-state index in [-0.39, 0.29) is 17.9 Å². The van der Waals surface area contributed by atoms with Crippen LogP contribution >= 0.6 is 0 Å². The Balaban J connectivity index is 1.14. The lowest BCUT2D eigenvalue weighted by Crippen LogP contribution is -2.47. The van der Waals surface area contributed by atoms with Gasteiger partial charge in [-0.1, -0.05) is 36.8 Å². The Hall–Kier alpha value is -2.41. The molecule has 0 bridgehead atoms. The second-order valence-corrected chi connectivity index (χ2v) is 11.4. The summed E-state index contributed by atoms with van der Waals surface area (Å²) in [4.78, 5) is 22.6. The molecule has 7 heteroatoms. The zero-order valence-electron chi connectivity index (χ0n) is 20.6. The van der Waals surface area contributed by atoms with Gasteiger partial charge in [-0.05, 0) is 80.6 Å². The molecule has 6 rings (SSSR count). The van der Waals surface area contributed by atoms with E-state index in [0.717, 1.165) is 64.2 Å². The van der Waals surface area contributed by atoms with E-state index in [2.05, 4.69) is 40.2 Å². The number of alkyl halides is 3. The molecule has 4 aliphatic rings. The summed E-state index contributed by atoms with van der Waals surface area (Å²) in [7, 11) is 0. The number of likely N-dealkylation sites (tertiary alicyclic amines) is 1. The van der Waals surface area contributed by atoms with Gasteiger partial charge in [0, 0.05) is 37.4 Å².